The number of rotatable bonds is 8. The summed E-state index contributed by atoms with van der Waals surface area (Å²) in [6, 6.07) is 0. The average molecular weight is 566 g/mol. The molecule has 2 aliphatic carbocycles. The molecule has 2 amide bonds. The largest absolute Gasteiger partial charge is 0.373 e. The van der Waals surface area contributed by atoms with Gasteiger partial charge in [-0.1, -0.05) is 85.4 Å². The van der Waals surface area contributed by atoms with Gasteiger partial charge in [0, 0.05) is 11.8 Å². The van der Waals surface area contributed by atoms with Gasteiger partial charge in [-0.3, -0.25) is 14.4 Å². The molecule has 0 aromatic carbocycles. The Morgan fingerprint density at radius 2 is 1.31 bits per heavy atom. The molecule has 178 valence electrons. The van der Waals surface area contributed by atoms with Crippen LogP contribution in [-0.2, 0) is 19.2 Å². The van der Waals surface area contributed by atoms with Crippen molar-refractivity contribution in [1.29, 1.82) is 0 Å². The Morgan fingerprint density at radius 1 is 0.844 bits per heavy atom. The second-order valence-corrected chi connectivity index (χ2v) is 12.6. The number of hydrogen-bond acceptors (Lipinski definition) is 4. The van der Waals surface area contributed by atoms with Gasteiger partial charge in [-0.05, 0) is 6.42 Å². The van der Waals surface area contributed by atoms with Gasteiger partial charge in [-0.25, -0.2) is 0 Å². The van der Waals surface area contributed by atoms with Crippen LogP contribution in [0.2, 0.25) is 0 Å². The van der Waals surface area contributed by atoms with E-state index in [2.05, 4.69) is 6.92 Å². The normalized spacial score (nSPS) is 45.4. The zero-order valence-corrected chi connectivity index (χ0v) is 21.8. The minimum Gasteiger partial charge on any atom is -0.373 e. The topological polar surface area (TPSA) is 55.8 Å². The van der Waals surface area contributed by atoms with E-state index in [-0.39, 0.29) is 10.1 Å². The molecule has 0 aromatic rings. The van der Waals surface area contributed by atoms with Crippen molar-refractivity contribution < 1.29 is 19.2 Å². The van der Waals surface area contributed by atoms with Crippen molar-refractivity contribution in [2.24, 2.45) is 23.7 Å². The van der Waals surface area contributed by atoms with E-state index in [0.29, 0.717) is 6.61 Å². The molecule has 1 saturated carbocycles. The van der Waals surface area contributed by atoms with E-state index in [9.17, 15) is 9.59 Å². The van der Waals surface area contributed by atoms with Gasteiger partial charge < -0.3 is 4.74 Å². The van der Waals surface area contributed by atoms with E-state index in [1.165, 1.54) is 19.3 Å². The zero-order chi connectivity index (χ0) is 23.2. The molecule has 4 bridgehead atoms. The van der Waals surface area contributed by atoms with E-state index in [1.54, 1.807) is 0 Å². The van der Waals surface area contributed by atoms with Gasteiger partial charge in [0.2, 0.25) is 0 Å². The molecule has 3 saturated heterocycles. The highest BCUT2D eigenvalue weighted by atomic mass is 35.5. The standard InChI is InChI=1S/C21H23Cl6NO4/c1-2-3-4-5-6-7-8-31-28-17(29)9-10(18(28)30)14-12-11(13(9)32-14)19(24)15(22)16(23)20(12,25)21(19,26)27/h9-14H,2-8H2,1H3/t9-,10+,11-,12-,13+,14-,19-,20-/m1/s1. The number of ether oxygens (including phenoxy) is 1. The van der Waals surface area contributed by atoms with Crippen molar-refractivity contribution in [2.75, 3.05) is 6.61 Å². The number of allylic oxidation sites excluding steroid dienone is 2. The van der Waals surface area contributed by atoms with E-state index < -0.39 is 61.8 Å². The third-order valence-corrected chi connectivity index (χ3v) is 12.1. The van der Waals surface area contributed by atoms with Gasteiger partial charge in [0.1, 0.15) is 9.75 Å². The second kappa shape index (κ2) is 8.03. The Morgan fingerprint density at radius 3 is 1.81 bits per heavy atom. The van der Waals surface area contributed by atoms with Gasteiger partial charge in [0.15, 0.2) is 4.33 Å². The summed E-state index contributed by atoms with van der Waals surface area (Å²) in [4.78, 5) is 28.9. The summed E-state index contributed by atoms with van der Waals surface area (Å²) < 4.78 is 4.41. The van der Waals surface area contributed by atoms with Crippen LogP contribution in [-0.4, -0.2) is 49.8 Å². The Bertz CT molecular complexity index is 840. The fourth-order valence-electron chi connectivity index (χ4n) is 6.44. The van der Waals surface area contributed by atoms with Crippen LogP contribution < -0.4 is 0 Å². The van der Waals surface area contributed by atoms with Crippen molar-refractivity contribution in [2.45, 2.75) is 71.7 Å². The van der Waals surface area contributed by atoms with Crippen LogP contribution in [0, 0.1) is 23.7 Å². The lowest BCUT2D eigenvalue weighted by Crippen LogP contribution is -2.50. The maximum absolute atomic E-state index is 13.2. The van der Waals surface area contributed by atoms with Crippen LogP contribution in [0.3, 0.4) is 0 Å². The van der Waals surface area contributed by atoms with Crippen molar-refractivity contribution in [1.82, 2.24) is 5.06 Å². The van der Waals surface area contributed by atoms with Crippen LogP contribution >= 0.6 is 69.6 Å². The number of unbranched alkanes of at least 4 members (excludes halogenated alkanes) is 5. The molecule has 8 atom stereocenters. The third-order valence-electron chi connectivity index (χ3n) is 7.86. The lowest BCUT2D eigenvalue weighted by molar-refractivity contribution is -0.192. The summed E-state index contributed by atoms with van der Waals surface area (Å²) in [5, 5.41) is 1.05. The van der Waals surface area contributed by atoms with E-state index in [0.717, 1.165) is 24.3 Å². The molecule has 32 heavy (non-hydrogen) atoms. The number of hydroxylamine groups is 2. The Hall–Kier alpha value is 0.540. The number of imide groups is 1. The Balaban J connectivity index is 1.34. The van der Waals surface area contributed by atoms with Crippen LogP contribution in [0.25, 0.3) is 0 Å². The summed E-state index contributed by atoms with van der Waals surface area (Å²) in [5.41, 5.74) is 0. The van der Waals surface area contributed by atoms with E-state index in [4.69, 9.17) is 79.2 Å². The zero-order valence-electron chi connectivity index (χ0n) is 17.3. The van der Waals surface area contributed by atoms with Crippen LogP contribution in [0.1, 0.15) is 45.4 Å². The number of amides is 2. The van der Waals surface area contributed by atoms with Gasteiger partial charge in [0.05, 0.1) is 40.7 Å². The summed E-state index contributed by atoms with van der Waals surface area (Å²) in [6.07, 6.45) is 5.01. The first-order valence-corrected chi connectivity index (χ1v) is 13.3. The molecule has 3 heterocycles. The molecule has 3 aliphatic heterocycles. The number of hydrogen-bond donors (Lipinski definition) is 0. The predicted molar refractivity (Wildman–Crippen MR) is 124 cm³/mol. The number of nitrogens with zero attached hydrogens (tertiary/aromatic N) is 1. The molecular weight excluding hydrogens is 543 g/mol. The highest BCUT2D eigenvalue weighted by Crippen LogP contribution is 2.81. The first-order valence-electron chi connectivity index (χ1n) is 11.0. The Labute approximate surface area is 216 Å². The molecule has 0 unspecified atom stereocenters. The number of halogens is 6. The molecule has 0 radical (unpaired) electrons. The summed E-state index contributed by atoms with van der Waals surface area (Å²) in [6.45, 7) is 2.47. The molecule has 11 heteroatoms. The lowest BCUT2D eigenvalue weighted by atomic mass is 9.65. The highest BCUT2D eigenvalue weighted by molar-refractivity contribution is 6.65. The minimum absolute atomic E-state index is 0.0720. The second-order valence-electron chi connectivity index (χ2n) is 9.37. The van der Waals surface area contributed by atoms with Crippen molar-refractivity contribution in [3.63, 3.8) is 0 Å². The molecule has 5 nitrogen and oxygen atoms in total. The number of fused-ring (bicyclic) bond motifs is 12. The molecule has 0 N–H and O–H groups in total. The number of carbonyl (C=O) groups excluding carboxylic acids is 2. The maximum Gasteiger partial charge on any atom is 0.260 e. The van der Waals surface area contributed by atoms with Crippen LogP contribution in [0.4, 0.5) is 0 Å². The predicted octanol–water partition coefficient (Wildman–Crippen LogP) is 5.74. The highest BCUT2D eigenvalue weighted by Gasteiger charge is 2.90. The number of alkyl halides is 4. The first-order chi connectivity index (χ1) is 15.1. The maximum atomic E-state index is 13.2. The number of carbonyl (C=O) groups is 2. The molecule has 5 rings (SSSR count). The van der Waals surface area contributed by atoms with E-state index >= 15 is 0 Å². The molecule has 4 fully saturated rings. The fourth-order valence-corrected chi connectivity index (χ4v) is 9.50. The smallest absolute Gasteiger partial charge is 0.260 e. The van der Waals surface area contributed by atoms with Crippen LogP contribution in [0.5, 0.6) is 0 Å². The minimum atomic E-state index is -1.72. The summed E-state index contributed by atoms with van der Waals surface area (Å²) in [7, 11) is 0. The lowest BCUT2D eigenvalue weighted by Gasteiger charge is -2.39. The summed E-state index contributed by atoms with van der Waals surface area (Å²) >= 11 is 40.2. The van der Waals surface area contributed by atoms with Crippen LogP contribution in [0.15, 0.2) is 10.1 Å². The van der Waals surface area contributed by atoms with Crippen molar-refractivity contribution in [3.8, 4) is 0 Å². The summed E-state index contributed by atoms with van der Waals surface area (Å²) in [5.74, 6) is -3.45. The van der Waals surface area contributed by atoms with Gasteiger partial charge in [-0.2, -0.15) is 5.06 Å². The molecule has 0 aromatic heterocycles. The van der Waals surface area contributed by atoms with Crippen molar-refractivity contribution >= 4 is 81.4 Å². The Kier molecular flexibility index (Phi) is 6.08. The van der Waals surface area contributed by atoms with Gasteiger partial charge in [-0.15, -0.1) is 23.2 Å². The van der Waals surface area contributed by atoms with Gasteiger partial charge >= 0.3 is 0 Å². The molecule has 5 aliphatic rings. The van der Waals surface area contributed by atoms with Gasteiger partial charge in [0.25, 0.3) is 11.8 Å². The van der Waals surface area contributed by atoms with E-state index in [1.807, 2.05) is 0 Å². The SMILES string of the molecule is CCCCCCCCON1C(=O)[C@@H]2[C@H]3O[C@@H]([C@@H]2C1=O)[C@H]1[C@H]3[C@@]2(Cl)C(Cl)=C(Cl)[C@@]1(Cl)C2(Cl)Cl. The van der Waals surface area contributed by atoms with Crippen molar-refractivity contribution in [3.05, 3.63) is 10.1 Å². The average Bonchev–Trinajstić information content (AvgIpc) is 3.45. The molecule has 0 spiro atoms. The molecular formula is C21H23Cl6NO4. The monoisotopic (exact) mass is 563 g/mol. The fraction of sp³-hybridized carbons (Fsp3) is 0.810. The first kappa shape index (κ1) is 24.2. The third kappa shape index (κ3) is 2.69. The quantitative estimate of drug-likeness (QED) is 0.214.